The lowest BCUT2D eigenvalue weighted by Gasteiger charge is -2.19. The monoisotopic (exact) mass is 303 g/mol. The van der Waals surface area contributed by atoms with Crippen molar-refractivity contribution in [3.8, 4) is 11.1 Å². The lowest BCUT2D eigenvalue weighted by Crippen LogP contribution is -2.10. The molecule has 2 aromatic rings. The molecule has 0 unspecified atom stereocenters. The minimum Gasteiger partial charge on any atom is -0.284 e. The molecule has 112 valence electrons. The van der Waals surface area contributed by atoms with Crippen molar-refractivity contribution < 1.29 is 8.42 Å². The van der Waals surface area contributed by atoms with Crippen LogP contribution in [0.1, 0.15) is 26.3 Å². The van der Waals surface area contributed by atoms with Crippen molar-refractivity contribution in [3.63, 3.8) is 0 Å². The summed E-state index contributed by atoms with van der Waals surface area (Å²) >= 11 is 0. The Kier molecular flexibility index (Phi) is 4.10. The van der Waals surface area contributed by atoms with E-state index < -0.39 is 10.0 Å². The molecule has 0 saturated heterocycles. The Labute approximate surface area is 127 Å². The molecule has 0 aliphatic rings. The zero-order valence-electron chi connectivity index (χ0n) is 12.8. The SMILES string of the molecule is CC(C)(C)c1ccc(-c2cccc(NS(C)(=O)=O)c2)cc1. The topological polar surface area (TPSA) is 46.2 Å². The molecule has 0 radical (unpaired) electrons. The maximum Gasteiger partial charge on any atom is 0.229 e. The average Bonchev–Trinajstić information content (AvgIpc) is 2.36. The third-order valence-corrected chi connectivity index (χ3v) is 3.86. The van der Waals surface area contributed by atoms with E-state index in [1.54, 1.807) is 6.07 Å². The highest BCUT2D eigenvalue weighted by molar-refractivity contribution is 7.92. The fraction of sp³-hybridized carbons (Fsp3) is 0.294. The second-order valence-electron chi connectivity index (χ2n) is 6.28. The van der Waals surface area contributed by atoms with E-state index in [0.29, 0.717) is 5.69 Å². The second kappa shape index (κ2) is 5.53. The van der Waals surface area contributed by atoms with E-state index in [-0.39, 0.29) is 5.41 Å². The van der Waals surface area contributed by atoms with E-state index >= 15 is 0 Å². The summed E-state index contributed by atoms with van der Waals surface area (Å²) < 4.78 is 25.1. The third kappa shape index (κ3) is 4.33. The normalized spacial score (nSPS) is 12.2. The third-order valence-electron chi connectivity index (χ3n) is 3.25. The molecule has 21 heavy (non-hydrogen) atoms. The first kappa shape index (κ1) is 15.6. The molecule has 0 heterocycles. The van der Waals surface area contributed by atoms with Crippen molar-refractivity contribution in [2.75, 3.05) is 11.0 Å². The minimum atomic E-state index is -3.25. The van der Waals surface area contributed by atoms with Crippen molar-refractivity contribution in [2.45, 2.75) is 26.2 Å². The van der Waals surface area contributed by atoms with Gasteiger partial charge in [0.15, 0.2) is 0 Å². The number of benzene rings is 2. The van der Waals surface area contributed by atoms with Gasteiger partial charge in [-0.15, -0.1) is 0 Å². The Morgan fingerprint density at radius 1 is 0.905 bits per heavy atom. The number of rotatable bonds is 3. The molecule has 3 nitrogen and oxygen atoms in total. The maximum absolute atomic E-state index is 11.3. The summed E-state index contributed by atoms with van der Waals surface area (Å²) in [4.78, 5) is 0. The number of anilines is 1. The first-order valence-corrected chi connectivity index (χ1v) is 8.73. The van der Waals surface area contributed by atoms with Gasteiger partial charge < -0.3 is 0 Å². The molecule has 2 rings (SSSR count). The van der Waals surface area contributed by atoms with E-state index in [1.165, 1.54) is 5.56 Å². The molecule has 2 aromatic carbocycles. The van der Waals surface area contributed by atoms with Crippen LogP contribution in [-0.2, 0) is 15.4 Å². The molecule has 0 saturated carbocycles. The molecule has 4 heteroatoms. The molecule has 0 spiro atoms. The van der Waals surface area contributed by atoms with E-state index in [0.717, 1.165) is 17.4 Å². The highest BCUT2D eigenvalue weighted by Gasteiger charge is 2.13. The Morgan fingerprint density at radius 3 is 2.05 bits per heavy atom. The van der Waals surface area contributed by atoms with Crippen LogP contribution in [0.2, 0.25) is 0 Å². The molecule has 0 aliphatic carbocycles. The molecule has 0 aliphatic heterocycles. The minimum absolute atomic E-state index is 0.123. The number of nitrogens with one attached hydrogen (secondary N) is 1. The molecule has 0 aromatic heterocycles. The zero-order chi connectivity index (χ0) is 15.7. The van der Waals surface area contributed by atoms with Crippen molar-refractivity contribution in [1.82, 2.24) is 0 Å². The van der Waals surface area contributed by atoms with Crippen LogP contribution in [0.4, 0.5) is 5.69 Å². The van der Waals surface area contributed by atoms with Crippen LogP contribution < -0.4 is 4.72 Å². The highest BCUT2D eigenvalue weighted by Crippen LogP contribution is 2.27. The van der Waals surface area contributed by atoms with Gasteiger partial charge in [0.1, 0.15) is 0 Å². The number of sulfonamides is 1. The summed E-state index contributed by atoms with van der Waals surface area (Å²) in [5.41, 5.74) is 4.04. The van der Waals surface area contributed by atoms with Crippen molar-refractivity contribution in [3.05, 3.63) is 54.1 Å². The molecule has 0 bridgehead atoms. The second-order valence-corrected chi connectivity index (χ2v) is 8.03. The van der Waals surface area contributed by atoms with Crippen LogP contribution >= 0.6 is 0 Å². The van der Waals surface area contributed by atoms with E-state index in [2.05, 4.69) is 49.8 Å². The van der Waals surface area contributed by atoms with Gasteiger partial charge in [0.25, 0.3) is 0 Å². The first-order valence-electron chi connectivity index (χ1n) is 6.84. The molecule has 0 amide bonds. The van der Waals surface area contributed by atoms with E-state index in [1.807, 2.05) is 18.2 Å². The summed E-state index contributed by atoms with van der Waals surface area (Å²) in [6, 6.07) is 15.8. The van der Waals surface area contributed by atoms with Crippen molar-refractivity contribution >= 4 is 15.7 Å². The Balaban J connectivity index is 2.32. The first-order chi connectivity index (χ1) is 9.65. The number of hydrogen-bond acceptors (Lipinski definition) is 2. The van der Waals surface area contributed by atoms with Crippen LogP contribution in [0.3, 0.4) is 0 Å². The van der Waals surface area contributed by atoms with E-state index in [4.69, 9.17) is 0 Å². The molecule has 1 N–H and O–H groups in total. The Bertz CT molecular complexity index is 726. The number of hydrogen-bond donors (Lipinski definition) is 1. The molecule has 0 fully saturated rings. The zero-order valence-corrected chi connectivity index (χ0v) is 13.7. The average molecular weight is 303 g/mol. The van der Waals surface area contributed by atoms with Gasteiger partial charge >= 0.3 is 0 Å². The summed E-state index contributed by atoms with van der Waals surface area (Å²) in [6.07, 6.45) is 1.15. The van der Waals surface area contributed by atoms with E-state index in [9.17, 15) is 8.42 Å². The van der Waals surface area contributed by atoms with Gasteiger partial charge in [-0.3, -0.25) is 4.72 Å². The molecule has 0 atom stereocenters. The standard InChI is InChI=1S/C17H21NO2S/c1-17(2,3)15-10-8-13(9-11-15)14-6-5-7-16(12-14)18-21(4,19)20/h5-12,18H,1-4H3. The largest absolute Gasteiger partial charge is 0.284 e. The van der Waals surface area contributed by atoms with Gasteiger partial charge in [0.2, 0.25) is 10.0 Å². The van der Waals surface area contributed by atoms with Crippen LogP contribution in [0.5, 0.6) is 0 Å². The van der Waals surface area contributed by atoms with Crippen LogP contribution in [-0.4, -0.2) is 14.7 Å². The maximum atomic E-state index is 11.3. The highest BCUT2D eigenvalue weighted by atomic mass is 32.2. The molecular weight excluding hydrogens is 282 g/mol. The van der Waals surface area contributed by atoms with Crippen LogP contribution in [0.25, 0.3) is 11.1 Å². The summed E-state index contributed by atoms with van der Waals surface area (Å²) in [7, 11) is -3.25. The lowest BCUT2D eigenvalue weighted by molar-refractivity contribution is 0.590. The Morgan fingerprint density at radius 2 is 1.52 bits per heavy atom. The van der Waals surface area contributed by atoms with Crippen molar-refractivity contribution in [2.24, 2.45) is 0 Å². The smallest absolute Gasteiger partial charge is 0.229 e. The fourth-order valence-corrected chi connectivity index (χ4v) is 2.69. The predicted octanol–water partition coefficient (Wildman–Crippen LogP) is 4.02. The van der Waals surface area contributed by atoms with Gasteiger partial charge in [0, 0.05) is 5.69 Å². The van der Waals surface area contributed by atoms with Crippen LogP contribution in [0, 0.1) is 0 Å². The molecular formula is C17H21NO2S. The van der Waals surface area contributed by atoms with Gasteiger partial charge in [-0.25, -0.2) is 8.42 Å². The Hall–Kier alpha value is -1.81. The summed E-state index contributed by atoms with van der Waals surface area (Å²) in [5, 5.41) is 0. The quantitative estimate of drug-likeness (QED) is 0.930. The predicted molar refractivity (Wildman–Crippen MR) is 89.0 cm³/mol. The summed E-state index contributed by atoms with van der Waals surface area (Å²) in [5.74, 6) is 0. The van der Waals surface area contributed by atoms with Gasteiger partial charge in [-0.1, -0.05) is 57.2 Å². The lowest BCUT2D eigenvalue weighted by atomic mass is 9.86. The summed E-state index contributed by atoms with van der Waals surface area (Å²) in [6.45, 7) is 6.54. The fourth-order valence-electron chi connectivity index (χ4n) is 2.14. The van der Waals surface area contributed by atoms with Crippen LogP contribution in [0.15, 0.2) is 48.5 Å². The van der Waals surface area contributed by atoms with Gasteiger partial charge in [-0.05, 0) is 34.2 Å². The van der Waals surface area contributed by atoms with Crippen molar-refractivity contribution in [1.29, 1.82) is 0 Å². The van der Waals surface area contributed by atoms with Gasteiger partial charge in [0.05, 0.1) is 6.26 Å². The van der Waals surface area contributed by atoms with Gasteiger partial charge in [-0.2, -0.15) is 0 Å².